The number of nitrogen functional groups attached to an aromatic ring is 1. The van der Waals surface area contributed by atoms with E-state index < -0.39 is 0 Å². The molecule has 90 valence electrons. The highest BCUT2D eigenvalue weighted by molar-refractivity contribution is 5.71. The van der Waals surface area contributed by atoms with Crippen molar-refractivity contribution in [2.45, 2.75) is 6.92 Å². The van der Waals surface area contributed by atoms with Gasteiger partial charge in [-0.3, -0.25) is 4.68 Å². The summed E-state index contributed by atoms with van der Waals surface area (Å²) in [5.74, 6) is 0.738. The van der Waals surface area contributed by atoms with Crippen molar-refractivity contribution in [3.05, 3.63) is 29.6 Å². The number of rotatable bonds is 2. The van der Waals surface area contributed by atoms with Gasteiger partial charge in [0.2, 0.25) is 0 Å². The summed E-state index contributed by atoms with van der Waals surface area (Å²) in [5, 5.41) is 4.25. The summed E-state index contributed by atoms with van der Waals surface area (Å²) in [7, 11) is 3.26. The van der Waals surface area contributed by atoms with Crippen LogP contribution in [0.25, 0.3) is 11.3 Å². The first-order chi connectivity index (χ1) is 8.04. The number of aryl methyl sites for hydroxylation is 1. The average Bonchev–Trinajstić information content (AvgIpc) is 2.62. The SMILES string of the molecule is COc1c(-c2cc(N)n(C)n2)ccc(F)c1C. The third-order valence-electron chi connectivity index (χ3n) is 2.74. The molecule has 0 aliphatic carbocycles. The van der Waals surface area contributed by atoms with E-state index in [1.54, 1.807) is 30.8 Å². The molecule has 0 atom stereocenters. The molecular formula is C12H14FN3O. The minimum absolute atomic E-state index is 0.297. The normalized spacial score (nSPS) is 10.6. The summed E-state index contributed by atoms with van der Waals surface area (Å²) in [6.45, 7) is 1.67. The van der Waals surface area contributed by atoms with Crippen molar-refractivity contribution in [3.63, 3.8) is 0 Å². The number of nitrogens with zero attached hydrogens (tertiary/aromatic N) is 2. The highest BCUT2D eigenvalue weighted by Gasteiger charge is 2.15. The fourth-order valence-electron chi connectivity index (χ4n) is 1.75. The maximum Gasteiger partial charge on any atom is 0.134 e. The Kier molecular flexibility index (Phi) is 2.75. The molecule has 0 amide bonds. The molecule has 2 aromatic rings. The van der Waals surface area contributed by atoms with Crippen LogP contribution in [-0.4, -0.2) is 16.9 Å². The summed E-state index contributed by atoms with van der Waals surface area (Å²) in [6.07, 6.45) is 0. The molecule has 5 heteroatoms. The Hall–Kier alpha value is -2.04. The molecule has 4 nitrogen and oxygen atoms in total. The van der Waals surface area contributed by atoms with Crippen molar-refractivity contribution in [1.82, 2.24) is 9.78 Å². The Bertz CT molecular complexity index is 544. The number of ether oxygens (including phenoxy) is 1. The monoisotopic (exact) mass is 235 g/mol. The number of hydrogen-bond donors (Lipinski definition) is 1. The summed E-state index contributed by atoms with van der Waals surface area (Å²) in [5.41, 5.74) is 7.60. The van der Waals surface area contributed by atoms with Crippen molar-refractivity contribution >= 4 is 5.82 Å². The third kappa shape index (κ3) is 1.84. The van der Waals surface area contributed by atoms with Gasteiger partial charge in [-0.1, -0.05) is 0 Å². The second kappa shape index (κ2) is 4.08. The van der Waals surface area contributed by atoms with Crippen LogP contribution in [0.3, 0.4) is 0 Å². The van der Waals surface area contributed by atoms with Gasteiger partial charge in [0.15, 0.2) is 0 Å². The van der Waals surface area contributed by atoms with Gasteiger partial charge in [0.1, 0.15) is 17.4 Å². The lowest BCUT2D eigenvalue weighted by Crippen LogP contribution is -1.97. The van der Waals surface area contributed by atoms with Crippen molar-refractivity contribution < 1.29 is 9.13 Å². The Morgan fingerprint density at radius 2 is 2.12 bits per heavy atom. The smallest absolute Gasteiger partial charge is 0.134 e. The zero-order valence-electron chi connectivity index (χ0n) is 9.99. The van der Waals surface area contributed by atoms with Gasteiger partial charge in [0, 0.05) is 24.2 Å². The Labute approximate surface area is 98.8 Å². The topological polar surface area (TPSA) is 53.1 Å². The Morgan fingerprint density at radius 1 is 1.41 bits per heavy atom. The molecule has 0 saturated heterocycles. The molecule has 1 aromatic carbocycles. The van der Waals surface area contributed by atoms with Gasteiger partial charge in [-0.15, -0.1) is 0 Å². The van der Waals surface area contributed by atoms with E-state index >= 15 is 0 Å². The largest absolute Gasteiger partial charge is 0.496 e. The van der Waals surface area contributed by atoms with Crippen LogP contribution in [0.15, 0.2) is 18.2 Å². The lowest BCUT2D eigenvalue weighted by molar-refractivity contribution is 0.408. The van der Waals surface area contributed by atoms with Crippen LogP contribution >= 0.6 is 0 Å². The second-order valence-electron chi connectivity index (χ2n) is 3.83. The van der Waals surface area contributed by atoms with Gasteiger partial charge >= 0.3 is 0 Å². The molecule has 1 heterocycles. The maximum atomic E-state index is 13.4. The standard InChI is InChI=1S/C12H14FN3O/c1-7-9(13)5-4-8(12(7)17-3)10-6-11(14)16(2)15-10/h4-6H,14H2,1-3H3. The quantitative estimate of drug-likeness (QED) is 0.867. The Morgan fingerprint density at radius 3 is 2.65 bits per heavy atom. The molecule has 0 aliphatic heterocycles. The van der Waals surface area contributed by atoms with Crippen LogP contribution in [0.4, 0.5) is 10.2 Å². The van der Waals surface area contributed by atoms with Crippen LogP contribution in [0.5, 0.6) is 5.75 Å². The summed E-state index contributed by atoms with van der Waals surface area (Å²) >= 11 is 0. The van der Waals surface area contributed by atoms with E-state index in [-0.39, 0.29) is 5.82 Å². The van der Waals surface area contributed by atoms with E-state index in [0.29, 0.717) is 22.8 Å². The van der Waals surface area contributed by atoms with E-state index in [0.717, 1.165) is 5.56 Å². The first-order valence-electron chi connectivity index (χ1n) is 5.17. The second-order valence-corrected chi connectivity index (χ2v) is 3.83. The molecule has 17 heavy (non-hydrogen) atoms. The number of aromatic nitrogens is 2. The summed E-state index contributed by atoms with van der Waals surface area (Å²) in [4.78, 5) is 0. The van der Waals surface area contributed by atoms with Crippen LogP contribution in [0, 0.1) is 12.7 Å². The molecule has 0 spiro atoms. The third-order valence-corrected chi connectivity index (χ3v) is 2.74. The predicted octanol–water partition coefficient (Wildman–Crippen LogP) is 2.13. The van der Waals surface area contributed by atoms with Gasteiger partial charge < -0.3 is 10.5 Å². The maximum absolute atomic E-state index is 13.4. The first-order valence-corrected chi connectivity index (χ1v) is 5.17. The van der Waals surface area contributed by atoms with Gasteiger partial charge in [-0.05, 0) is 19.1 Å². The average molecular weight is 235 g/mol. The fourth-order valence-corrected chi connectivity index (χ4v) is 1.75. The van der Waals surface area contributed by atoms with Crippen LogP contribution in [0.2, 0.25) is 0 Å². The van der Waals surface area contributed by atoms with Gasteiger partial charge in [-0.2, -0.15) is 5.10 Å². The van der Waals surface area contributed by atoms with Crippen LogP contribution in [0.1, 0.15) is 5.56 Å². The van der Waals surface area contributed by atoms with E-state index in [9.17, 15) is 4.39 Å². The predicted molar refractivity (Wildman–Crippen MR) is 64.3 cm³/mol. The Balaban J connectivity index is 2.63. The molecule has 1 aromatic heterocycles. The molecule has 0 radical (unpaired) electrons. The lowest BCUT2D eigenvalue weighted by atomic mass is 10.1. The van der Waals surface area contributed by atoms with Crippen molar-refractivity contribution in [2.75, 3.05) is 12.8 Å². The summed E-state index contributed by atoms with van der Waals surface area (Å²) < 4.78 is 20.2. The molecule has 0 aliphatic rings. The first kappa shape index (κ1) is 11.4. The van der Waals surface area contributed by atoms with Crippen molar-refractivity contribution in [1.29, 1.82) is 0 Å². The van der Waals surface area contributed by atoms with Crippen molar-refractivity contribution in [3.8, 4) is 17.0 Å². The lowest BCUT2D eigenvalue weighted by Gasteiger charge is -2.10. The molecule has 0 unspecified atom stereocenters. The molecule has 0 bridgehead atoms. The molecule has 0 saturated carbocycles. The number of methoxy groups -OCH3 is 1. The van der Waals surface area contributed by atoms with Gasteiger partial charge in [-0.25, -0.2) is 4.39 Å². The number of anilines is 1. The van der Waals surface area contributed by atoms with Gasteiger partial charge in [0.25, 0.3) is 0 Å². The number of nitrogens with two attached hydrogens (primary N) is 1. The molecular weight excluding hydrogens is 221 g/mol. The minimum atomic E-state index is -0.297. The summed E-state index contributed by atoms with van der Waals surface area (Å²) in [6, 6.07) is 4.77. The minimum Gasteiger partial charge on any atom is -0.496 e. The van der Waals surface area contributed by atoms with Crippen LogP contribution in [-0.2, 0) is 7.05 Å². The fraction of sp³-hybridized carbons (Fsp3) is 0.250. The number of hydrogen-bond acceptors (Lipinski definition) is 3. The number of halogens is 1. The van der Waals surface area contributed by atoms with Crippen LogP contribution < -0.4 is 10.5 Å². The zero-order chi connectivity index (χ0) is 12.6. The van der Waals surface area contributed by atoms with E-state index in [4.69, 9.17) is 10.5 Å². The molecule has 2 N–H and O–H groups in total. The zero-order valence-corrected chi connectivity index (χ0v) is 9.99. The highest BCUT2D eigenvalue weighted by Crippen LogP contribution is 2.33. The van der Waals surface area contributed by atoms with E-state index in [1.807, 2.05) is 0 Å². The highest BCUT2D eigenvalue weighted by atomic mass is 19.1. The van der Waals surface area contributed by atoms with Crippen molar-refractivity contribution in [2.24, 2.45) is 7.05 Å². The number of benzene rings is 1. The van der Waals surface area contributed by atoms with Gasteiger partial charge in [0.05, 0.1) is 12.8 Å². The van der Waals surface area contributed by atoms with E-state index in [1.165, 1.54) is 13.2 Å². The van der Waals surface area contributed by atoms with E-state index in [2.05, 4.69) is 5.10 Å². The molecule has 2 rings (SSSR count). The molecule has 0 fully saturated rings.